The van der Waals surface area contributed by atoms with Gasteiger partial charge in [0.25, 0.3) is 0 Å². The van der Waals surface area contributed by atoms with Gasteiger partial charge in [0.2, 0.25) is 0 Å². The summed E-state index contributed by atoms with van der Waals surface area (Å²) >= 11 is 0. The molecule has 0 heterocycles. The van der Waals surface area contributed by atoms with Crippen LogP contribution in [-0.4, -0.2) is 6.54 Å². The summed E-state index contributed by atoms with van der Waals surface area (Å²) in [6, 6.07) is 11.8. The SMILES string of the molecule is CCCNCc1ccccc1-c1cccc(F)c1F. The predicted molar refractivity (Wildman–Crippen MR) is 73.8 cm³/mol. The quantitative estimate of drug-likeness (QED) is 0.798. The van der Waals surface area contributed by atoms with Gasteiger partial charge in [-0.05, 0) is 30.2 Å². The van der Waals surface area contributed by atoms with Gasteiger partial charge in [-0.3, -0.25) is 0 Å². The summed E-state index contributed by atoms with van der Waals surface area (Å²) < 4.78 is 27.2. The van der Waals surface area contributed by atoms with E-state index in [1.54, 1.807) is 6.07 Å². The lowest BCUT2D eigenvalue weighted by Gasteiger charge is -2.11. The first-order chi connectivity index (χ1) is 9.24. The molecule has 1 N–H and O–H groups in total. The van der Waals surface area contributed by atoms with Crippen LogP contribution in [0.1, 0.15) is 18.9 Å². The van der Waals surface area contributed by atoms with E-state index in [1.165, 1.54) is 6.07 Å². The van der Waals surface area contributed by atoms with E-state index in [4.69, 9.17) is 0 Å². The van der Waals surface area contributed by atoms with E-state index >= 15 is 0 Å². The molecule has 0 aliphatic heterocycles. The molecule has 0 radical (unpaired) electrons. The molecule has 0 saturated carbocycles. The van der Waals surface area contributed by atoms with Crippen molar-refractivity contribution in [1.82, 2.24) is 5.32 Å². The Morgan fingerprint density at radius 3 is 2.47 bits per heavy atom. The highest BCUT2D eigenvalue weighted by Gasteiger charge is 2.12. The summed E-state index contributed by atoms with van der Waals surface area (Å²) in [6.45, 7) is 3.64. The lowest BCUT2D eigenvalue weighted by atomic mass is 9.99. The van der Waals surface area contributed by atoms with Gasteiger partial charge < -0.3 is 5.32 Å². The Morgan fingerprint density at radius 2 is 1.68 bits per heavy atom. The van der Waals surface area contributed by atoms with Crippen molar-refractivity contribution in [3.05, 3.63) is 59.7 Å². The highest BCUT2D eigenvalue weighted by molar-refractivity contribution is 5.68. The molecular formula is C16H17F2N. The van der Waals surface area contributed by atoms with Crippen LogP contribution in [0.5, 0.6) is 0 Å². The van der Waals surface area contributed by atoms with Crippen LogP contribution in [0.15, 0.2) is 42.5 Å². The Labute approximate surface area is 112 Å². The fourth-order valence-electron chi connectivity index (χ4n) is 2.05. The summed E-state index contributed by atoms with van der Waals surface area (Å²) in [7, 11) is 0. The van der Waals surface area contributed by atoms with E-state index < -0.39 is 11.6 Å². The number of benzene rings is 2. The zero-order valence-electron chi connectivity index (χ0n) is 10.9. The summed E-state index contributed by atoms with van der Waals surface area (Å²) in [5, 5.41) is 3.28. The average molecular weight is 261 g/mol. The molecule has 0 aromatic heterocycles. The van der Waals surface area contributed by atoms with Crippen LogP contribution in [0.2, 0.25) is 0 Å². The predicted octanol–water partition coefficient (Wildman–Crippen LogP) is 4.13. The van der Waals surface area contributed by atoms with Crippen molar-refractivity contribution in [2.45, 2.75) is 19.9 Å². The summed E-state index contributed by atoms with van der Waals surface area (Å²) in [5.74, 6) is -1.60. The first kappa shape index (κ1) is 13.7. The number of rotatable bonds is 5. The second-order valence-electron chi connectivity index (χ2n) is 4.44. The Balaban J connectivity index is 2.36. The third-order valence-electron chi connectivity index (χ3n) is 3.00. The minimum Gasteiger partial charge on any atom is -0.313 e. The van der Waals surface area contributed by atoms with Gasteiger partial charge in [0.1, 0.15) is 0 Å². The molecule has 100 valence electrons. The summed E-state index contributed by atoms with van der Waals surface area (Å²) in [5.41, 5.74) is 2.03. The maximum Gasteiger partial charge on any atom is 0.166 e. The molecule has 0 unspecified atom stereocenters. The summed E-state index contributed by atoms with van der Waals surface area (Å²) in [6.07, 6.45) is 1.04. The fraction of sp³-hybridized carbons (Fsp3) is 0.250. The number of hydrogen-bond donors (Lipinski definition) is 1. The van der Waals surface area contributed by atoms with Crippen molar-refractivity contribution in [2.75, 3.05) is 6.54 Å². The lowest BCUT2D eigenvalue weighted by molar-refractivity contribution is 0.511. The number of hydrogen-bond acceptors (Lipinski definition) is 1. The molecule has 19 heavy (non-hydrogen) atoms. The Bertz CT molecular complexity index is 552. The third-order valence-corrected chi connectivity index (χ3v) is 3.00. The molecule has 0 bridgehead atoms. The first-order valence-electron chi connectivity index (χ1n) is 6.47. The van der Waals surface area contributed by atoms with Gasteiger partial charge in [-0.15, -0.1) is 0 Å². The molecule has 0 atom stereocenters. The normalized spacial score (nSPS) is 10.7. The van der Waals surface area contributed by atoms with E-state index in [0.29, 0.717) is 12.1 Å². The molecular weight excluding hydrogens is 244 g/mol. The van der Waals surface area contributed by atoms with Crippen molar-refractivity contribution in [3.63, 3.8) is 0 Å². The fourth-order valence-corrected chi connectivity index (χ4v) is 2.05. The van der Waals surface area contributed by atoms with E-state index in [-0.39, 0.29) is 0 Å². The second kappa shape index (κ2) is 6.43. The van der Waals surface area contributed by atoms with Crippen LogP contribution in [0.25, 0.3) is 11.1 Å². The van der Waals surface area contributed by atoms with Crippen molar-refractivity contribution in [1.29, 1.82) is 0 Å². The highest BCUT2D eigenvalue weighted by Crippen LogP contribution is 2.27. The van der Waals surface area contributed by atoms with Gasteiger partial charge in [0.15, 0.2) is 11.6 Å². The standard InChI is InChI=1S/C16H17F2N/c1-2-10-19-11-12-6-3-4-7-13(12)14-8-5-9-15(17)16(14)18/h3-9,19H,2,10-11H2,1H3. The smallest absolute Gasteiger partial charge is 0.166 e. The molecule has 0 saturated heterocycles. The number of halogens is 2. The van der Waals surface area contributed by atoms with Gasteiger partial charge in [-0.2, -0.15) is 0 Å². The maximum atomic E-state index is 13.9. The molecule has 2 aromatic rings. The Morgan fingerprint density at radius 1 is 0.947 bits per heavy atom. The van der Waals surface area contributed by atoms with E-state index in [9.17, 15) is 8.78 Å². The van der Waals surface area contributed by atoms with Crippen LogP contribution in [0, 0.1) is 11.6 Å². The second-order valence-corrected chi connectivity index (χ2v) is 4.44. The minimum absolute atomic E-state index is 0.314. The molecule has 0 spiro atoms. The molecule has 0 fully saturated rings. The molecule has 1 nitrogen and oxygen atoms in total. The van der Waals surface area contributed by atoms with Crippen molar-refractivity contribution in [3.8, 4) is 11.1 Å². The largest absolute Gasteiger partial charge is 0.313 e. The molecule has 0 aliphatic rings. The van der Waals surface area contributed by atoms with Crippen LogP contribution < -0.4 is 5.32 Å². The van der Waals surface area contributed by atoms with E-state index in [0.717, 1.165) is 30.2 Å². The molecule has 0 aliphatic carbocycles. The van der Waals surface area contributed by atoms with E-state index in [2.05, 4.69) is 12.2 Å². The van der Waals surface area contributed by atoms with Crippen LogP contribution in [-0.2, 0) is 6.54 Å². The molecule has 3 heteroatoms. The maximum absolute atomic E-state index is 13.9. The van der Waals surface area contributed by atoms with Gasteiger partial charge in [0, 0.05) is 12.1 Å². The van der Waals surface area contributed by atoms with Crippen molar-refractivity contribution in [2.24, 2.45) is 0 Å². The van der Waals surface area contributed by atoms with Gasteiger partial charge in [-0.1, -0.05) is 43.3 Å². The highest BCUT2D eigenvalue weighted by atomic mass is 19.2. The zero-order chi connectivity index (χ0) is 13.7. The lowest BCUT2D eigenvalue weighted by Crippen LogP contribution is -2.14. The van der Waals surface area contributed by atoms with Gasteiger partial charge in [0.05, 0.1) is 0 Å². The van der Waals surface area contributed by atoms with Crippen molar-refractivity contribution < 1.29 is 8.78 Å². The van der Waals surface area contributed by atoms with Gasteiger partial charge in [-0.25, -0.2) is 8.78 Å². The minimum atomic E-state index is -0.811. The van der Waals surface area contributed by atoms with Crippen LogP contribution in [0.3, 0.4) is 0 Å². The summed E-state index contributed by atoms with van der Waals surface area (Å²) in [4.78, 5) is 0. The average Bonchev–Trinajstić information content (AvgIpc) is 2.43. The van der Waals surface area contributed by atoms with Crippen LogP contribution in [0.4, 0.5) is 8.78 Å². The third kappa shape index (κ3) is 3.18. The zero-order valence-corrected chi connectivity index (χ0v) is 10.9. The Kier molecular flexibility index (Phi) is 4.63. The van der Waals surface area contributed by atoms with Crippen molar-refractivity contribution >= 4 is 0 Å². The monoisotopic (exact) mass is 261 g/mol. The van der Waals surface area contributed by atoms with E-state index in [1.807, 2.05) is 24.3 Å². The molecule has 2 aromatic carbocycles. The van der Waals surface area contributed by atoms with Gasteiger partial charge >= 0.3 is 0 Å². The Hall–Kier alpha value is -1.74. The van der Waals surface area contributed by atoms with Crippen LogP contribution >= 0.6 is 0 Å². The first-order valence-corrected chi connectivity index (χ1v) is 6.47. The molecule has 0 amide bonds. The number of nitrogens with one attached hydrogen (secondary N) is 1. The molecule has 2 rings (SSSR count). The topological polar surface area (TPSA) is 12.0 Å².